The van der Waals surface area contributed by atoms with E-state index in [2.05, 4.69) is 45.1 Å². The van der Waals surface area contributed by atoms with Crippen molar-refractivity contribution in [3.8, 4) is 0 Å². The largest absolute Gasteiger partial charge is 0.369 e. The number of rotatable bonds is 5. The molecule has 1 aromatic rings. The van der Waals surface area contributed by atoms with Gasteiger partial charge in [-0.05, 0) is 52.9 Å². The molecular weight excluding hydrogens is 290 g/mol. The molecule has 0 aromatic carbocycles. The van der Waals surface area contributed by atoms with Crippen molar-refractivity contribution in [3.05, 3.63) is 16.5 Å². The van der Waals surface area contributed by atoms with Crippen molar-refractivity contribution in [1.29, 1.82) is 0 Å². The predicted molar refractivity (Wildman–Crippen MR) is 76.7 cm³/mol. The summed E-state index contributed by atoms with van der Waals surface area (Å²) in [5.41, 5.74) is 0.607. The molecular formula is C14H20BrN3. The van der Waals surface area contributed by atoms with Crippen LogP contribution in [0.3, 0.4) is 0 Å². The van der Waals surface area contributed by atoms with E-state index in [0.29, 0.717) is 11.3 Å². The highest BCUT2D eigenvalue weighted by Crippen LogP contribution is 2.61. The molecule has 2 aliphatic rings. The van der Waals surface area contributed by atoms with Gasteiger partial charge in [-0.1, -0.05) is 13.8 Å². The molecule has 0 bridgehead atoms. The Morgan fingerprint density at radius 1 is 1.39 bits per heavy atom. The first-order valence-electron chi connectivity index (χ1n) is 6.87. The summed E-state index contributed by atoms with van der Waals surface area (Å²) < 4.78 is 0.875. The summed E-state index contributed by atoms with van der Waals surface area (Å²) in [5, 5.41) is 3.52. The van der Waals surface area contributed by atoms with E-state index in [9.17, 15) is 0 Å². The van der Waals surface area contributed by atoms with Crippen LogP contribution in [-0.2, 0) is 0 Å². The topological polar surface area (TPSA) is 37.8 Å². The molecule has 0 radical (unpaired) electrons. The van der Waals surface area contributed by atoms with Crippen LogP contribution >= 0.6 is 15.9 Å². The maximum Gasteiger partial charge on any atom is 0.134 e. The van der Waals surface area contributed by atoms with Gasteiger partial charge in [-0.2, -0.15) is 0 Å². The van der Waals surface area contributed by atoms with Crippen LogP contribution in [0.2, 0.25) is 0 Å². The van der Waals surface area contributed by atoms with Gasteiger partial charge in [0.25, 0.3) is 0 Å². The lowest BCUT2D eigenvalue weighted by molar-refractivity contribution is 0.466. The first-order valence-corrected chi connectivity index (χ1v) is 7.67. The molecule has 0 atom stereocenters. The fraction of sp³-hybridized carbons (Fsp3) is 0.714. The third-order valence-electron chi connectivity index (χ3n) is 4.19. The molecule has 0 amide bonds. The van der Waals surface area contributed by atoms with Gasteiger partial charge in [0.05, 0.1) is 0 Å². The maximum atomic E-state index is 4.59. The van der Waals surface area contributed by atoms with E-state index in [4.69, 9.17) is 0 Å². The Kier molecular flexibility index (Phi) is 3.08. The van der Waals surface area contributed by atoms with E-state index < -0.39 is 0 Å². The fourth-order valence-corrected chi connectivity index (χ4v) is 3.03. The van der Waals surface area contributed by atoms with Gasteiger partial charge in [-0.3, -0.25) is 0 Å². The van der Waals surface area contributed by atoms with E-state index >= 15 is 0 Å². The smallest absolute Gasteiger partial charge is 0.134 e. The summed E-state index contributed by atoms with van der Waals surface area (Å²) in [6.07, 6.45) is 5.67. The molecule has 3 nitrogen and oxygen atoms in total. The molecule has 2 aliphatic carbocycles. The minimum absolute atomic E-state index is 0.362. The fourth-order valence-electron chi connectivity index (χ4n) is 2.64. The molecule has 0 unspecified atom stereocenters. The highest BCUT2D eigenvalue weighted by molar-refractivity contribution is 9.10. The second kappa shape index (κ2) is 4.48. The zero-order valence-electron chi connectivity index (χ0n) is 11.0. The van der Waals surface area contributed by atoms with Gasteiger partial charge in [0.1, 0.15) is 16.2 Å². The van der Waals surface area contributed by atoms with Gasteiger partial charge in [0.15, 0.2) is 0 Å². The minimum atomic E-state index is 0.362. The van der Waals surface area contributed by atoms with Gasteiger partial charge in [-0.25, -0.2) is 9.97 Å². The molecule has 98 valence electrons. The first-order chi connectivity index (χ1) is 8.59. The molecule has 0 aliphatic heterocycles. The molecule has 2 fully saturated rings. The molecule has 0 spiro atoms. The van der Waals surface area contributed by atoms with E-state index in [0.717, 1.165) is 28.7 Å². The van der Waals surface area contributed by atoms with Gasteiger partial charge < -0.3 is 5.32 Å². The zero-order valence-corrected chi connectivity index (χ0v) is 12.6. The summed E-state index contributed by atoms with van der Waals surface area (Å²) >= 11 is 3.47. The SMILES string of the molecule is CC(C)c1nc(Br)cc(NCC2(C3CC3)CC2)n1. The summed E-state index contributed by atoms with van der Waals surface area (Å²) in [5.74, 6) is 3.22. The number of halogens is 1. The van der Waals surface area contributed by atoms with E-state index in [1.165, 1.54) is 25.7 Å². The van der Waals surface area contributed by atoms with E-state index in [-0.39, 0.29) is 0 Å². The number of anilines is 1. The number of nitrogens with zero attached hydrogens (tertiary/aromatic N) is 2. The Balaban J connectivity index is 1.68. The summed E-state index contributed by atoms with van der Waals surface area (Å²) in [4.78, 5) is 9.00. The van der Waals surface area contributed by atoms with Crippen molar-refractivity contribution < 1.29 is 0 Å². The second-order valence-corrected chi connectivity index (χ2v) is 6.89. The van der Waals surface area contributed by atoms with Crippen molar-refractivity contribution in [2.45, 2.75) is 45.4 Å². The Morgan fingerprint density at radius 2 is 2.11 bits per heavy atom. The standard InChI is InChI=1S/C14H20BrN3/c1-9(2)13-17-11(15)7-12(18-13)16-8-14(5-6-14)10-3-4-10/h7,9-10H,3-6,8H2,1-2H3,(H,16,17,18). The zero-order chi connectivity index (χ0) is 12.8. The Hall–Kier alpha value is -0.640. The van der Waals surface area contributed by atoms with Crippen LogP contribution in [0, 0.1) is 11.3 Å². The van der Waals surface area contributed by atoms with Crippen molar-refractivity contribution in [3.63, 3.8) is 0 Å². The first kappa shape index (κ1) is 12.4. The number of aromatic nitrogens is 2. The predicted octanol–water partition coefficient (Wildman–Crippen LogP) is 3.96. The molecule has 0 saturated heterocycles. The third-order valence-corrected chi connectivity index (χ3v) is 4.59. The Labute approximate surface area is 117 Å². The molecule has 1 N–H and O–H groups in total. The van der Waals surface area contributed by atoms with Crippen LogP contribution in [0.1, 0.15) is 51.3 Å². The molecule has 1 aromatic heterocycles. The van der Waals surface area contributed by atoms with Gasteiger partial charge in [-0.15, -0.1) is 0 Å². The van der Waals surface area contributed by atoms with Crippen LogP contribution in [-0.4, -0.2) is 16.5 Å². The summed E-state index contributed by atoms with van der Waals surface area (Å²) in [6.45, 7) is 5.33. The second-order valence-electron chi connectivity index (χ2n) is 6.08. The minimum Gasteiger partial charge on any atom is -0.369 e. The van der Waals surface area contributed by atoms with Crippen molar-refractivity contribution in [2.24, 2.45) is 11.3 Å². The van der Waals surface area contributed by atoms with Crippen LogP contribution in [0.15, 0.2) is 10.7 Å². The molecule has 3 rings (SSSR count). The maximum absolute atomic E-state index is 4.59. The molecule has 1 heterocycles. The van der Waals surface area contributed by atoms with Crippen LogP contribution in [0.4, 0.5) is 5.82 Å². The van der Waals surface area contributed by atoms with Crippen LogP contribution < -0.4 is 5.32 Å². The van der Waals surface area contributed by atoms with E-state index in [1.807, 2.05) is 6.07 Å². The highest BCUT2D eigenvalue weighted by Gasteiger charge is 2.53. The number of nitrogens with one attached hydrogen (secondary N) is 1. The van der Waals surface area contributed by atoms with Crippen LogP contribution in [0.5, 0.6) is 0 Å². The van der Waals surface area contributed by atoms with Gasteiger partial charge in [0.2, 0.25) is 0 Å². The monoisotopic (exact) mass is 309 g/mol. The summed E-state index contributed by atoms with van der Waals surface area (Å²) in [6, 6.07) is 1.98. The van der Waals surface area contributed by atoms with Crippen LogP contribution in [0.25, 0.3) is 0 Å². The van der Waals surface area contributed by atoms with Crippen molar-refractivity contribution in [1.82, 2.24) is 9.97 Å². The lowest BCUT2D eigenvalue weighted by Gasteiger charge is -2.16. The average molecular weight is 310 g/mol. The normalized spacial score (nSPS) is 21.1. The Morgan fingerprint density at radius 3 is 2.67 bits per heavy atom. The Bertz CT molecular complexity index is 450. The molecule has 18 heavy (non-hydrogen) atoms. The molecule has 4 heteroatoms. The highest BCUT2D eigenvalue weighted by atomic mass is 79.9. The van der Waals surface area contributed by atoms with Gasteiger partial charge >= 0.3 is 0 Å². The van der Waals surface area contributed by atoms with Gasteiger partial charge in [0, 0.05) is 18.5 Å². The lowest BCUT2D eigenvalue weighted by Crippen LogP contribution is -2.18. The number of hydrogen-bond acceptors (Lipinski definition) is 3. The lowest BCUT2D eigenvalue weighted by atomic mass is 10.0. The quantitative estimate of drug-likeness (QED) is 0.836. The third kappa shape index (κ3) is 2.53. The summed E-state index contributed by atoms with van der Waals surface area (Å²) in [7, 11) is 0. The van der Waals surface area contributed by atoms with Crippen molar-refractivity contribution >= 4 is 21.7 Å². The number of hydrogen-bond donors (Lipinski definition) is 1. The molecule has 2 saturated carbocycles. The van der Waals surface area contributed by atoms with E-state index in [1.54, 1.807) is 0 Å². The van der Waals surface area contributed by atoms with Crippen molar-refractivity contribution in [2.75, 3.05) is 11.9 Å². The average Bonchev–Trinajstić information content (AvgIpc) is 3.17.